The molecule has 0 aliphatic carbocycles. The lowest BCUT2D eigenvalue weighted by atomic mass is 9.96. The van der Waals surface area contributed by atoms with Crippen molar-refractivity contribution in [2.24, 2.45) is 0 Å². The van der Waals surface area contributed by atoms with Gasteiger partial charge in [-0.25, -0.2) is 14.4 Å². The van der Waals surface area contributed by atoms with Crippen LogP contribution in [0.4, 0.5) is 10.1 Å². The number of carbonyl (C=O) groups excluding carboxylic acids is 1. The first-order valence-electron chi connectivity index (χ1n) is 13.3. The van der Waals surface area contributed by atoms with E-state index in [0.29, 0.717) is 30.8 Å². The van der Waals surface area contributed by atoms with Crippen LogP contribution in [0.15, 0.2) is 67.1 Å². The highest BCUT2D eigenvalue weighted by atomic mass is 19.1. The third kappa shape index (κ3) is 6.06. The van der Waals surface area contributed by atoms with Crippen molar-refractivity contribution in [3.05, 3.63) is 89.8 Å². The van der Waals surface area contributed by atoms with Crippen LogP contribution in [0.5, 0.6) is 5.75 Å². The number of piperazine rings is 1. The monoisotopic (exact) mass is 552 g/mol. The fraction of sp³-hybridized carbons (Fsp3) is 0.258. The highest BCUT2D eigenvalue weighted by Crippen LogP contribution is 2.32. The van der Waals surface area contributed by atoms with Crippen molar-refractivity contribution in [2.45, 2.75) is 6.42 Å². The van der Waals surface area contributed by atoms with Crippen LogP contribution in [0.1, 0.15) is 21.6 Å². The van der Waals surface area contributed by atoms with E-state index < -0.39 is 5.82 Å². The van der Waals surface area contributed by atoms with Crippen LogP contribution >= 0.6 is 0 Å². The second-order valence-electron chi connectivity index (χ2n) is 9.61. The molecule has 4 aromatic rings. The smallest absolute Gasteiger partial charge is 0.185 e. The maximum atomic E-state index is 14.7. The van der Waals surface area contributed by atoms with Crippen molar-refractivity contribution in [1.82, 2.24) is 19.9 Å². The number of hydrogen-bond acceptors (Lipinski definition) is 9. The number of hydrogen-bond donors (Lipinski definition) is 1. The van der Waals surface area contributed by atoms with E-state index in [-0.39, 0.29) is 41.6 Å². The Labute approximate surface area is 237 Å². The number of anilines is 1. The molecular formula is C31H29FN6O3. The van der Waals surface area contributed by atoms with E-state index in [2.05, 4.69) is 30.8 Å². The lowest BCUT2D eigenvalue weighted by Gasteiger charge is -2.37. The summed E-state index contributed by atoms with van der Waals surface area (Å²) in [5, 5.41) is 19.0. The van der Waals surface area contributed by atoms with Gasteiger partial charge in [-0.05, 0) is 41.5 Å². The number of carbonyl (C=O) groups is 1. The molecule has 2 aromatic heterocycles. The number of nitrogens with zero attached hydrogens (tertiary/aromatic N) is 6. The Hall–Kier alpha value is -4.72. The Balaban J connectivity index is 1.48. The van der Waals surface area contributed by atoms with Crippen LogP contribution in [0.3, 0.4) is 0 Å². The summed E-state index contributed by atoms with van der Waals surface area (Å²) in [5.41, 5.74) is 4.02. The van der Waals surface area contributed by atoms with E-state index in [9.17, 15) is 19.6 Å². The van der Waals surface area contributed by atoms with Gasteiger partial charge in [-0.15, -0.1) is 0 Å². The third-order valence-electron chi connectivity index (χ3n) is 7.18. The van der Waals surface area contributed by atoms with Gasteiger partial charge in [-0.2, -0.15) is 5.26 Å². The van der Waals surface area contributed by atoms with Gasteiger partial charge in [0.25, 0.3) is 0 Å². The SMILES string of the molecule is COc1cccc(F)c1-c1nccc(C(=O)Cc2ccc(-c3cnccc3C#N)cc2N2CCN(CCO)CC2)n1. The Kier molecular flexibility index (Phi) is 8.58. The minimum Gasteiger partial charge on any atom is -0.496 e. The molecule has 5 rings (SSSR count). The maximum absolute atomic E-state index is 14.7. The molecule has 1 aliphatic rings. The number of aromatic nitrogens is 3. The van der Waals surface area contributed by atoms with Crippen molar-refractivity contribution in [2.75, 3.05) is 51.3 Å². The molecule has 1 saturated heterocycles. The number of nitriles is 1. The molecule has 0 saturated carbocycles. The molecule has 9 nitrogen and oxygen atoms in total. The third-order valence-corrected chi connectivity index (χ3v) is 7.18. The molecule has 0 atom stereocenters. The van der Waals surface area contributed by atoms with E-state index in [0.717, 1.165) is 29.9 Å². The van der Waals surface area contributed by atoms with Crippen LogP contribution in [-0.4, -0.2) is 77.2 Å². The minimum atomic E-state index is -0.542. The first-order chi connectivity index (χ1) is 20.0. The predicted octanol–water partition coefficient (Wildman–Crippen LogP) is 3.76. The summed E-state index contributed by atoms with van der Waals surface area (Å²) >= 11 is 0. The first-order valence-corrected chi connectivity index (χ1v) is 13.3. The molecule has 1 fully saturated rings. The number of ether oxygens (including phenoxy) is 1. The van der Waals surface area contributed by atoms with Crippen LogP contribution in [0, 0.1) is 17.1 Å². The van der Waals surface area contributed by atoms with E-state index in [1.165, 1.54) is 31.5 Å². The van der Waals surface area contributed by atoms with Gasteiger partial charge in [-0.1, -0.05) is 18.2 Å². The van der Waals surface area contributed by atoms with Crippen LogP contribution in [0.2, 0.25) is 0 Å². The number of pyridine rings is 1. The number of aliphatic hydroxyl groups excluding tert-OH is 1. The molecule has 10 heteroatoms. The van der Waals surface area contributed by atoms with E-state index in [1.807, 2.05) is 18.2 Å². The summed E-state index contributed by atoms with van der Waals surface area (Å²) in [7, 11) is 1.44. The zero-order valence-corrected chi connectivity index (χ0v) is 22.6. The van der Waals surface area contributed by atoms with Gasteiger partial charge < -0.3 is 14.7 Å². The fourth-order valence-electron chi connectivity index (χ4n) is 5.04. The minimum absolute atomic E-state index is 0.0650. The van der Waals surface area contributed by atoms with E-state index >= 15 is 0 Å². The zero-order chi connectivity index (χ0) is 28.8. The fourth-order valence-corrected chi connectivity index (χ4v) is 5.04. The number of rotatable bonds is 9. The molecule has 41 heavy (non-hydrogen) atoms. The lowest BCUT2D eigenvalue weighted by molar-refractivity contribution is 0.0988. The largest absolute Gasteiger partial charge is 0.496 e. The number of methoxy groups -OCH3 is 1. The van der Waals surface area contributed by atoms with Gasteiger partial charge in [0.2, 0.25) is 0 Å². The normalized spacial score (nSPS) is 13.6. The van der Waals surface area contributed by atoms with E-state index in [1.54, 1.807) is 24.5 Å². The first kappa shape index (κ1) is 27.8. The van der Waals surface area contributed by atoms with Crippen molar-refractivity contribution in [1.29, 1.82) is 5.26 Å². The number of Topliss-reactive ketones (excluding diaryl/α,β-unsaturated/α-hetero) is 1. The molecule has 0 radical (unpaired) electrons. The van der Waals surface area contributed by atoms with Crippen LogP contribution < -0.4 is 9.64 Å². The average molecular weight is 553 g/mol. The molecule has 0 spiro atoms. The Morgan fingerprint density at radius 2 is 1.95 bits per heavy atom. The topological polar surface area (TPSA) is 115 Å². The molecule has 208 valence electrons. The van der Waals surface area contributed by atoms with Gasteiger partial charge in [0, 0.05) is 69.0 Å². The molecule has 0 unspecified atom stereocenters. The van der Waals surface area contributed by atoms with Crippen LogP contribution in [-0.2, 0) is 6.42 Å². The lowest BCUT2D eigenvalue weighted by Crippen LogP contribution is -2.47. The molecular weight excluding hydrogens is 523 g/mol. The van der Waals surface area contributed by atoms with Gasteiger partial charge in [0.1, 0.15) is 17.3 Å². The Morgan fingerprint density at radius 3 is 2.71 bits per heavy atom. The molecule has 0 bridgehead atoms. The second kappa shape index (κ2) is 12.6. The summed E-state index contributed by atoms with van der Waals surface area (Å²) in [4.78, 5) is 30.8. The summed E-state index contributed by atoms with van der Waals surface area (Å²) in [5.74, 6) is -0.433. The van der Waals surface area contributed by atoms with Crippen molar-refractivity contribution in [3.63, 3.8) is 0 Å². The number of aliphatic hydroxyl groups is 1. The van der Waals surface area contributed by atoms with Crippen LogP contribution in [0.25, 0.3) is 22.5 Å². The summed E-state index contributed by atoms with van der Waals surface area (Å²) in [6.45, 7) is 3.69. The Morgan fingerprint density at radius 1 is 1.12 bits per heavy atom. The Bertz CT molecular complexity index is 1600. The molecule has 3 heterocycles. The average Bonchev–Trinajstić information content (AvgIpc) is 3.01. The number of β-amino-alcohol motifs (C(OH)–C–C–N with tert-alkyl or cyclic N) is 1. The molecule has 1 aliphatic heterocycles. The molecule has 0 amide bonds. The number of halogens is 1. The summed E-state index contributed by atoms with van der Waals surface area (Å²) in [6, 6.07) is 15.7. The predicted molar refractivity (Wildman–Crippen MR) is 152 cm³/mol. The van der Waals surface area contributed by atoms with Gasteiger partial charge in [0.05, 0.1) is 30.9 Å². The highest BCUT2D eigenvalue weighted by Gasteiger charge is 2.23. The van der Waals surface area contributed by atoms with E-state index in [4.69, 9.17) is 4.74 Å². The quantitative estimate of drug-likeness (QED) is 0.310. The highest BCUT2D eigenvalue weighted by molar-refractivity contribution is 5.97. The zero-order valence-electron chi connectivity index (χ0n) is 22.6. The van der Waals surface area contributed by atoms with Gasteiger partial charge >= 0.3 is 0 Å². The number of ketones is 1. The van der Waals surface area contributed by atoms with Crippen molar-refractivity contribution >= 4 is 11.5 Å². The maximum Gasteiger partial charge on any atom is 0.185 e. The second-order valence-corrected chi connectivity index (χ2v) is 9.61. The summed E-state index contributed by atoms with van der Waals surface area (Å²) in [6.07, 6.45) is 4.76. The molecule has 2 aromatic carbocycles. The summed E-state index contributed by atoms with van der Waals surface area (Å²) < 4.78 is 20.0. The van der Waals surface area contributed by atoms with Gasteiger partial charge in [-0.3, -0.25) is 14.7 Å². The number of benzene rings is 2. The van der Waals surface area contributed by atoms with Gasteiger partial charge in [0.15, 0.2) is 11.6 Å². The van der Waals surface area contributed by atoms with Crippen molar-refractivity contribution < 1.29 is 19.0 Å². The molecule has 1 N–H and O–H groups in total. The van der Waals surface area contributed by atoms with Crippen molar-refractivity contribution in [3.8, 4) is 34.3 Å². The standard InChI is InChI=1S/C31H29FN6O3/c1-41-29-4-2-3-25(32)30(29)31-35-10-8-26(36-31)28(40)18-22-6-5-21(24-20-34-9-7-23(24)19-33)17-27(22)38-13-11-37(12-14-38)15-16-39/h2-10,17,20,39H,11-16,18H2,1H3.